The molecule has 0 amide bonds. The molecule has 0 aliphatic carbocycles. The largest absolute Gasteiger partial charge is 0.308 e. The van der Waals surface area contributed by atoms with Gasteiger partial charge in [0.2, 0.25) is 0 Å². The van der Waals surface area contributed by atoms with Gasteiger partial charge in [-0.05, 0) is 41.3 Å². The molecule has 0 saturated heterocycles. The zero-order valence-corrected chi connectivity index (χ0v) is 17.0. The first-order valence-corrected chi connectivity index (χ1v) is 11.0. The number of rotatable bonds is 1. The van der Waals surface area contributed by atoms with E-state index >= 15 is 0 Å². The molecule has 0 bridgehead atoms. The molecular formula is C28H17NS. The SMILES string of the molecule is c1ccc(N2c3ccccc3-c3cccc4cc5c(sc6ccccc65)c2c34)cc1. The van der Waals surface area contributed by atoms with Crippen LogP contribution in [0.5, 0.6) is 0 Å². The topological polar surface area (TPSA) is 3.24 Å². The van der Waals surface area contributed by atoms with Crippen LogP contribution >= 0.6 is 11.3 Å². The van der Waals surface area contributed by atoms with E-state index in [4.69, 9.17) is 0 Å². The molecule has 0 saturated carbocycles. The summed E-state index contributed by atoms with van der Waals surface area (Å²) in [4.78, 5) is 2.46. The summed E-state index contributed by atoms with van der Waals surface area (Å²) in [5.41, 5.74) is 6.37. The fourth-order valence-electron chi connectivity index (χ4n) is 4.91. The molecule has 30 heavy (non-hydrogen) atoms. The van der Waals surface area contributed by atoms with Crippen LogP contribution < -0.4 is 4.90 Å². The van der Waals surface area contributed by atoms with E-state index in [0.717, 1.165) is 0 Å². The minimum atomic E-state index is 1.20. The van der Waals surface area contributed by atoms with Crippen molar-refractivity contribution in [3.63, 3.8) is 0 Å². The Morgan fingerprint density at radius 3 is 2.30 bits per heavy atom. The zero-order chi connectivity index (χ0) is 19.7. The monoisotopic (exact) mass is 399 g/mol. The highest BCUT2D eigenvalue weighted by Gasteiger charge is 2.28. The van der Waals surface area contributed by atoms with Gasteiger partial charge < -0.3 is 4.90 Å². The van der Waals surface area contributed by atoms with Gasteiger partial charge in [-0.25, -0.2) is 0 Å². The van der Waals surface area contributed by atoms with Gasteiger partial charge >= 0.3 is 0 Å². The van der Waals surface area contributed by atoms with Crippen LogP contribution in [0.2, 0.25) is 0 Å². The number of hydrogen-bond acceptors (Lipinski definition) is 2. The average molecular weight is 400 g/mol. The molecule has 0 atom stereocenters. The van der Waals surface area contributed by atoms with Crippen molar-refractivity contribution in [1.29, 1.82) is 0 Å². The second kappa shape index (κ2) is 5.94. The minimum Gasteiger partial charge on any atom is -0.308 e. The van der Waals surface area contributed by atoms with Gasteiger partial charge in [0.1, 0.15) is 0 Å². The number of hydrogen-bond donors (Lipinski definition) is 0. The van der Waals surface area contributed by atoms with Crippen molar-refractivity contribution >= 4 is 59.3 Å². The van der Waals surface area contributed by atoms with E-state index in [1.807, 2.05) is 11.3 Å². The van der Waals surface area contributed by atoms with E-state index in [1.165, 1.54) is 59.1 Å². The molecule has 0 fully saturated rings. The van der Waals surface area contributed by atoms with Gasteiger partial charge in [-0.15, -0.1) is 11.3 Å². The first kappa shape index (κ1) is 16.2. The van der Waals surface area contributed by atoms with Crippen LogP contribution in [-0.2, 0) is 0 Å². The van der Waals surface area contributed by atoms with Crippen molar-refractivity contribution < 1.29 is 0 Å². The van der Waals surface area contributed by atoms with Crippen molar-refractivity contribution in [3.8, 4) is 11.1 Å². The number of para-hydroxylation sites is 2. The van der Waals surface area contributed by atoms with E-state index in [-0.39, 0.29) is 0 Å². The normalized spacial score (nSPS) is 12.6. The summed E-state index contributed by atoms with van der Waals surface area (Å²) in [6, 6.07) is 37.4. The predicted octanol–water partition coefficient (Wildman–Crippen LogP) is 8.66. The van der Waals surface area contributed by atoms with Gasteiger partial charge in [0.15, 0.2) is 0 Å². The lowest BCUT2D eigenvalue weighted by Gasteiger charge is -2.34. The quantitative estimate of drug-likeness (QED) is 0.267. The van der Waals surface area contributed by atoms with E-state index < -0.39 is 0 Å². The summed E-state index contributed by atoms with van der Waals surface area (Å²) in [5, 5.41) is 5.33. The third-order valence-electron chi connectivity index (χ3n) is 6.16. The molecule has 5 aromatic carbocycles. The Balaban J connectivity index is 1.75. The molecule has 1 aliphatic rings. The number of thiophene rings is 1. The van der Waals surface area contributed by atoms with E-state index in [1.54, 1.807) is 0 Å². The predicted molar refractivity (Wildman–Crippen MR) is 131 cm³/mol. The molecular weight excluding hydrogens is 382 g/mol. The standard InChI is InChI=1S/C28H17NS/c1-2-10-19(11-3-1)29-24-15-6-4-12-20(24)22-14-8-9-18-17-23-21-13-5-7-16-25(21)30-28(23)27(29)26(18)22/h1-17H. The maximum Gasteiger partial charge on any atom is 0.0725 e. The maximum absolute atomic E-state index is 2.46. The molecule has 0 spiro atoms. The molecule has 1 aliphatic heterocycles. The van der Waals surface area contributed by atoms with Crippen LogP contribution in [0.1, 0.15) is 0 Å². The molecule has 140 valence electrons. The Morgan fingerprint density at radius 2 is 1.37 bits per heavy atom. The summed E-state index contributed by atoms with van der Waals surface area (Å²) in [7, 11) is 0. The smallest absolute Gasteiger partial charge is 0.0725 e. The molecule has 0 unspecified atom stereocenters. The lowest BCUT2D eigenvalue weighted by Crippen LogP contribution is -2.15. The fourth-order valence-corrected chi connectivity index (χ4v) is 6.13. The van der Waals surface area contributed by atoms with Gasteiger partial charge in [0.25, 0.3) is 0 Å². The van der Waals surface area contributed by atoms with Gasteiger partial charge in [-0.3, -0.25) is 0 Å². The Kier molecular flexibility index (Phi) is 3.21. The molecule has 1 aromatic heterocycles. The van der Waals surface area contributed by atoms with Crippen molar-refractivity contribution in [1.82, 2.24) is 0 Å². The Hall–Kier alpha value is -3.62. The van der Waals surface area contributed by atoms with Crippen LogP contribution in [0, 0.1) is 0 Å². The molecule has 6 aromatic rings. The first-order valence-electron chi connectivity index (χ1n) is 10.2. The third kappa shape index (κ3) is 2.06. The van der Waals surface area contributed by atoms with Crippen molar-refractivity contribution in [2.45, 2.75) is 0 Å². The van der Waals surface area contributed by atoms with Crippen LogP contribution in [0.4, 0.5) is 17.1 Å². The lowest BCUT2D eigenvalue weighted by atomic mass is 9.90. The first-order chi connectivity index (χ1) is 14.9. The van der Waals surface area contributed by atoms with Crippen molar-refractivity contribution in [2.75, 3.05) is 4.90 Å². The Labute approximate surface area is 178 Å². The summed E-state index contributed by atoms with van der Waals surface area (Å²) < 4.78 is 2.70. The van der Waals surface area contributed by atoms with Crippen LogP contribution in [0.3, 0.4) is 0 Å². The average Bonchev–Trinajstić information content (AvgIpc) is 3.18. The molecule has 2 heteroatoms. The summed E-state index contributed by atoms with van der Waals surface area (Å²) in [6.07, 6.45) is 0. The lowest BCUT2D eigenvalue weighted by molar-refractivity contribution is 1.30. The number of benzene rings is 5. The van der Waals surface area contributed by atoms with Crippen molar-refractivity contribution in [2.24, 2.45) is 0 Å². The van der Waals surface area contributed by atoms with Gasteiger partial charge in [0.05, 0.1) is 16.1 Å². The second-order valence-electron chi connectivity index (χ2n) is 7.79. The second-order valence-corrected chi connectivity index (χ2v) is 8.84. The molecule has 2 heterocycles. The highest BCUT2D eigenvalue weighted by atomic mass is 32.1. The Bertz CT molecular complexity index is 1590. The van der Waals surface area contributed by atoms with E-state index in [0.29, 0.717) is 0 Å². The van der Waals surface area contributed by atoms with E-state index in [9.17, 15) is 0 Å². The number of fused-ring (bicyclic) bond motifs is 6. The van der Waals surface area contributed by atoms with Crippen LogP contribution in [0.15, 0.2) is 103 Å². The maximum atomic E-state index is 2.46. The highest BCUT2D eigenvalue weighted by Crippen LogP contribution is 2.55. The van der Waals surface area contributed by atoms with Crippen LogP contribution in [-0.4, -0.2) is 0 Å². The van der Waals surface area contributed by atoms with Gasteiger partial charge in [-0.1, -0.05) is 72.8 Å². The highest BCUT2D eigenvalue weighted by molar-refractivity contribution is 7.26. The van der Waals surface area contributed by atoms with Gasteiger partial charge in [-0.2, -0.15) is 0 Å². The molecule has 0 N–H and O–H groups in total. The fraction of sp³-hybridized carbons (Fsp3) is 0. The van der Waals surface area contributed by atoms with E-state index in [2.05, 4.69) is 108 Å². The van der Waals surface area contributed by atoms with Crippen LogP contribution in [0.25, 0.3) is 42.1 Å². The molecule has 0 radical (unpaired) electrons. The molecule has 7 rings (SSSR count). The minimum absolute atomic E-state index is 1.20. The number of anilines is 3. The zero-order valence-electron chi connectivity index (χ0n) is 16.2. The van der Waals surface area contributed by atoms with Crippen molar-refractivity contribution in [3.05, 3.63) is 103 Å². The summed E-state index contributed by atoms with van der Waals surface area (Å²) >= 11 is 1.90. The Morgan fingerprint density at radius 1 is 0.600 bits per heavy atom. The van der Waals surface area contributed by atoms with Gasteiger partial charge in [0, 0.05) is 32.1 Å². The summed E-state index contributed by atoms with van der Waals surface area (Å²) in [5.74, 6) is 0. The summed E-state index contributed by atoms with van der Waals surface area (Å²) in [6.45, 7) is 0. The third-order valence-corrected chi connectivity index (χ3v) is 7.35. The number of nitrogens with zero attached hydrogens (tertiary/aromatic N) is 1. The molecule has 1 nitrogen and oxygen atoms in total.